The highest BCUT2D eigenvalue weighted by Crippen LogP contribution is 2.26. The van der Waals surface area contributed by atoms with Crippen LogP contribution in [-0.4, -0.2) is 69.3 Å². The molecule has 1 atom stereocenters. The van der Waals surface area contributed by atoms with Gasteiger partial charge in [0.05, 0.1) is 18.1 Å². The Morgan fingerprint density at radius 1 is 1.19 bits per heavy atom. The number of nitrogens with zero attached hydrogens (tertiary/aromatic N) is 4. The van der Waals surface area contributed by atoms with E-state index in [1.807, 2.05) is 42.1 Å². The molecular formula is C32H39FN6O3. The number of nitrogens with one attached hydrogen (secondary N) is 2. The Morgan fingerprint density at radius 2 is 2.07 bits per heavy atom. The third kappa shape index (κ3) is 7.76. The van der Waals surface area contributed by atoms with E-state index in [1.54, 1.807) is 0 Å². The number of hydrogen-bond acceptors (Lipinski definition) is 7. The van der Waals surface area contributed by atoms with Gasteiger partial charge in [-0.05, 0) is 62.8 Å². The SMILES string of the molecule is Cn1cc(NC(CCN(CCCCc2ccc3c(n2)NCCC3)CCOc2cncc(F)c2)C(=O)O)c2ccccc21. The zero-order chi connectivity index (χ0) is 29.3. The molecular weight excluding hydrogens is 535 g/mol. The molecule has 3 aromatic heterocycles. The fraction of sp³-hybridized carbons (Fsp3) is 0.406. The molecule has 10 heteroatoms. The smallest absolute Gasteiger partial charge is 0.326 e. The Balaban J connectivity index is 1.18. The lowest BCUT2D eigenvalue weighted by atomic mass is 10.1. The second kappa shape index (κ2) is 14.1. The molecule has 1 aromatic carbocycles. The van der Waals surface area contributed by atoms with Crippen LogP contribution in [0.4, 0.5) is 15.9 Å². The van der Waals surface area contributed by atoms with Crippen molar-refractivity contribution in [3.63, 3.8) is 0 Å². The number of para-hydroxylation sites is 1. The van der Waals surface area contributed by atoms with Gasteiger partial charge in [-0.25, -0.2) is 14.2 Å². The van der Waals surface area contributed by atoms with Crippen LogP contribution < -0.4 is 15.4 Å². The molecule has 42 heavy (non-hydrogen) atoms. The minimum absolute atomic E-state index is 0.345. The number of aromatic nitrogens is 3. The normalized spacial score (nSPS) is 13.5. The van der Waals surface area contributed by atoms with Gasteiger partial charge in [-0.3, -0.25) is 9.88 Å². The fourth-order valence-corrected chi connectivity index (χ4v) is 5.46. The quantitative estimate of drug-likeness (QED) is 0.168. The van der Waals surface area contributed by atoms with E-state index in [2.05, 4.69) is 32.7 Å². The van der Waals surface area contributed by atoms with Crippen LogP contribution in [0.15, 0.2) is 61.1 Å². The lowest BCUT2D eigenvalue weighted by Crippen LogP contribution is -2.37. The van der Waals surface area contributed by atoms with E-state index in [-0.39, 0.29) is 0 Å². The standard InChI is InChI=1S/C32H39FN6O3/c1-38-22-29(27-9-2-3-10-30(27)38)37-28(32(40)41)13-16-39(17-18-42-26-19-24(33)20-34-21-26)15-5-4-8-25-12-11-23-7-6-14-35-31(23)36-25/h2-3,9-12,19-22,28,37H,4-8,13-18H2,1H3,(H,35,36)(H,40,41). The molecule has 0 bridgehead atoms. The van der Waals surface area contributed by atoms with Gasteiger partial charge in [0.25, 0.3) is 0 Å². The number of hydrogen-bond donors (Lipinski definition) is 3. The molecule has 0 saturated carbocycles. The zero-order valence-electron chi connectivity index (χ0n) is 24.1. The highest BCUT2D eigenvalue weighted by atomic mass is 19.1. The van der Waals surface area contributed by atoms with Gasteiger partial charge in [0.1, 0.15) is 30.0 Å². The van der Waals surface area contributed by atoms with Crippen molar-refractivity contribution in [2.24, 2.45) is 7.05 Å². The van der Waals surface area contributed by atoms with Gasteiger partial charge in [-0.2, -0.15) is 0 Å². The summed E-state index contributed by atoms with van der Waals surface area (Å²) in [6.07, 6.45) is 9.98. The topological polar surface area (TPSA) is 105 Å². The molecule has 0 spiro atoms. The zero-order valence-corrected chi connectivity index (χ0v) is 24.1. The predicted octanol–water partition coefficient (Wildman–Crippen LogP) is 5.12. The summed E-state index contributed by atoms with van der Waals surface area (Å²) in [7, 11) is 1.95. The van der Waals surface area contributed by atoms with E-state index in [0.29, 0.717) is 31.9 Å². The summed E-state index contributed by atoms with van der Waals surface area (Å²) in [6, 6.07) is 12.8. The first-order chi connectivity index (χ1) is 20.5. The average molecular weight is 575 g/mol. The van der Waals surface area contributed by atoms with Crippen molar-refractivity contribution < 1.29 is 19.0 Å². The van der Waals surface area contributed by atoms with Crippen molar-refractivity contribution in [2.45, 2.75) is 44.6 Å². The van der Waals surface area contributed by atoms with Gasteiger partial charge in [0, 0.05) is 55.5 Å². The molecule has 4 heterocycles. The molecule has 0 saturated heterocycles. The minimum Gasteiger partial charge on any atom is -0.491 e. The summed E-state index contributed by atoms with van der Waals surface area (Å²) in [5.74, 6) is 0.0575. The maximum absolute atomic E-state index is 13.5. The molecule has 1 unspecified atom stereocenters. The van der Waals surface area contributed by atoms with Crippen LogP contribution in [0.3, 0.4) is 0 Å². The summed E-state index contributed by atoms with van der Waals surface area (Å²) in [6.45, 7) is 3.25. The molecule has 0 fully saturated rings. The van der Waals surface area contributed by atoms with Gasteiger partial charge in [-0.15, -0.1) is 0 Å². The molecule has 5 rings (SSSR count). The number of carboxylic acid groups (broad SMARTS) is 1. The number of rotatable bonds is 15. The number of aryl methyl sites for hydroxylation is 3. The largest absolute Gasteiger partial charge is 0.491 e. The maximum atomic E-state index is 13.5. The van der Waals surface area contributed by atoms with Crippen LogP contribution in [0.2, 0.25) is 0 Å². The average Bonchev–Trinajstić information content (AvgIpc) is 3.31. The lowest BCUT2D eigenvalue weighted by molar-refractivity contribution is -0.138. The molecule has 4 aromatic rings. The predicted molar refractivity (Wildman–Crippen MR) is 163 cm³/mol. The maximum Gasteiger partial charge on any atom is 0.326 e. The van der Waals surface area contributed by atoms with Gasteiger partial charge in [0.15, 0.2) is 0 Å². The molecule has 3 N–H and O–H groups in total. The Bertz CT molecular complexity index is 1490. The number of pyridine rings is 2. The molecule has 0 aliphatic carbocycles. The molecule has 0 amide bonds. The number of aliphatic carboxylic acids is 1. The monoisotopic (exact) mass is 574 g/mol. The summed E-state index contributed by atoms with van der Waals surface area (Å²) in [5, 5.41) is 17.7. The van der Waals surface area contributed by atoms with Crippen LogP contribution >= 0.6 is 0 Å². The fourth-order valence-electron chi connectivity index (χ4n) is 5.46. The first-order valence-electron chi connectivity index (χ1n) is 14.7. The van der Waals surface area contributed by atoms with Crippen molar-refractivity contribution in [1.82, 2.24) is 19.4 Å². The number of unbranched alkanes of at least 4 members (excludes halogenated alkanes) is 1. The second-order valence-electron chi connectivity index (χ2n) is 10.8. The lowest BCUT2D eigenvalue weighted by Gasteiger charge is -2.25. The Labute approximate surface area is 245 Å². The molecule has 1 aliphatic heterocycles. The first-order valence-corrected chi connectivity index (χ1v) is 14.7. The van der Waals surface area contributed by atoms with E-state index in [1.165, 1.54) is 17.8 Å². The van der Waals surface area contributed by atoms with Crippen molar-refractivity contribution in [1.29, 1.82) is 0 Å². The molecule has 222 valence electrons. The highest BCUT2D eigenvalue weighted by molar-refractivity contribution is 5.94. The van der Waals surface area contributed by atoms with Crippen molar-refractivity contribution in [3.05, 3.63) is 78.1 Å². The Kier molecular flexibility index (Phi) is 9.86. The van der Waals surface area contributed by atoms with Crippen molar-refractivity contribution >= 4 is 28.4 Å². The molecule has 9 nitrogen and oxygen atoms in total. The van der Waals surface area contributed by atoms with E-state index in [4.69, 9.17) is 9.72 Å². The van der Waals surface area contributed by atoms with Crippen LogP contribution in [0.5, 0.6) is 5.75 Å². The van der Waals surface area contributed by atoms with Crippen molar-refractivity contribution in [2.75, 3.05) is 43.4 Å². The van der Waals surface area contributed by atoms with E-state index in [0.717, 1.165) is 79.5 Å². The minimum atomic E-state index is -0.892. The third-order valence-corrected chi connectivity index (χ3v) is 7.72. The van der Waals surface area contributed by atoms with Crippen molar-refractivity contribution in [3.8, 4) is 5.75 Å². The Morgan fingerprint density at radius 3 is 2.93 bits per heavy atom. The van der Waals surface area contributed by atoms with Gasteiger partial charge < -0.3 is 25.0 Å². The number of halogens is 1. The van der Waals surface area contributed by atoms with E-state index >= 15 is 0 Å². The third-order valence-electron chi connectivity index (χ3n) is 7.72. The Hall–Kier alpha value is -4.18. The highest BCUT2D eigenvalue weighted by Gasteiger charge is 2.21. The number of anilines is 2. The van der Waals surface area contributed by atoms with Gasteiger partial charge in [0.2, 0.25) is 0 Å². The molecule has 1 aliphatic rings. The summed E-state index contributed by atoms with van der Waals surface area (Å²) >= 11 is 0. The first kappa shape index (κ1) is 29.3. The number of carboxylic acids is 1. The summed E-state index contributed by atoms with van der Waals surface area (Å²) in [4.78, 5) is 23.1. The number of carbonyl (C=O) groups is 1. The number of fused-ring (bicyclic) bond motifs is 2. The second-order valence-corrected chi connectivity index (χ2v) is 10.8. The van der Waals surface area contributed by atoms with Gasteiger partial charge in [-0.1, -0.05) is 24.3 Å². The molecule has 0 radical (unpaired) electrons. The van der Waals surface area contributed by atoms with E-state index < -0.39 is 17.8 Å². The van der Waals surface area contributed by atoms with E-state index in [9.17, 15) is 14.3 Å². The van der Waals surface area contributed by atoms with Crippen LogP contribution in [0.1, 0.15) is 36.9 Å². The van der Waals surface area contributed by atoms with Crippen LogP contribution in [0, 0.1) is 5.82 Å². The summed E-state index contributed by atoms with van der Waals surface area (Å²) < 4.78 is 21.3. The number of benzene rings is 1. The van der Waals surface area contributed by atoms with Gasteiger partial charge >= 0.3 is 5.97 Å². The van der Waals surface area contributed by atoms with Crippen LogP contribution in [0.25, 0.3) is 10.9 Å². The number of ether oxygens (including phenoxy) is 1. The van der Waals surface area contributed by atoms with Crippen LogP contribution in [-0.2, 0) is 24.7 Å². The summed E-state index contributed by atoms with van der Waals surface area (Å²) in [5.41, 5.74) is 4.22.